The number of fused-ring (bicyclic) bond motifs is 1. The first-order valence-corrected chi connectivity index (χ1v) is 14.9. The van der Waals surface area contributed by atoms with Crippen LogP contribution in [0, 0.1) is 12.8 Å². The Morgan fingerprint density at radius 1 is 1.23 bits per heavy atom. The highest BCUT2D eigenvalue weighted by atomic mass is 32.1. The summed E-state index contributed by atoms with van der Waals surface area (Å²) in [6, 6.07) is 0.339. The molecule has 5 rings (SSSR count). The van der Waals surface area contributed by atoms with Crippen molar-refractivity contribution in [3.63, 3.8) is 0 Å². The van der Waals surface area contributed by atoms with Crippen molar-refractivity contribution in [3.05, 3.63) is 26.7 Å². The maximum absolute atomic E-state index is 12.4. The van der Waals surface area contributed by atoms with Crippen molar-refractivity contribution < 1.29 is 9.53 Å². The molecule has 2 fully saturated rings. The van der Waals surface area contributed by atoms with Crippen LogP contribution in [0.25, 0.3) is 0 Å². The van der Waals surface area contributed by atoms with Crippen molar-refractivity contribution in [2.75, 3.05) is 31.1 Å². The standard InChI is InChI=1S/C26H39N5O2S2/c1-17(2)33-21-14-31(15-21)26-29-23-16-30(11-9-24(23)35-26)10-8-19-4-6-20(7-5-19)28-25(32)12-22-13-27-18(3)34-22/h13,17,19-21H,4-12,14-16H2,1-3H3,(H,28,32). The van der Waals surface area contributed by atoms with E-state index in [0.29, 0.717) is 24.7 Å². The average Bonchev–Trinajstić information content (AvgIpc) is 3.40. The molecule has 1 saturated carbocycles. The molecule has 1 N–H and O–H groups in total. The predicted molar refractivity (Wildman–Crippen MR) is 142 cm³/mol. The van der Waals surface area contributed by atoms with Gasteiger partial charge >= 0.3 is 0 Å². The molecule has 0 spiro atoms. The van der Waals surface area contributed by atoms with Gasteiger partial charge in [0, 0.05) is 48.2 Å². The zero-order valence-corrected chi connectivity index (χ0v) is 22.9. The number of aryl methyl sites for hydroxylation is 1. The first-order chi connectivity index (χ1) is 16.9. The molecule has 192 valence electrons. The molecule has 0 unspecified atom stereocenters. The lowest BCUT2D eigenvalue weighted by molar-refractivity contribution is -0.121. The average molecular weight is 518 g/mol. The normalized spacial score (nSPS) is 23.4. The lowest BCUT2D eigenvalue weighted by Gasteiger charge is -2.39. The lowest BCUT2D eigenvalue weighted by atomic mass is 9.84. The molecule has 2 aliphatic heterocycles. The van der Waals surface area contributed by atoms with Gasteiger partial charge in [-0.2, -0.15) is 0 Å². The number of amides is 1. The molecule has 0 bridgehead atoms. The summed E-state index contributed by atoms with van der Waals surface area (Å²) >= 11 is 3.51. The van der Waals surface area contributed by atoms with E-state index in [1.165, 1.54) is 35.0 Å². The van der Waals surface area contributed by atoms with E-state index in [0.717, 1.165) is 67.8 Å². The van der Waals surface area contributed by atoms with E-state index in [1.807, 2.05) is 24.5 Å². The van der Waals surface area contributed by atoms with Gasteiger partial charge in [0.25, 0.3) is 0 Å². The molecule has 0 atom stereocenters. The van der Waals surface area contributed by atoms with Gasteiger partial charge in [0.2, 0.25) is 5.91 Å². The van der Waals surface area contributed by atoms with Gasteiger partial charge in [0.05, 0.1) is 29.3 Å². The fourth-order valence-corrected chi connectivity index (χ4v) is 7.38. The zero-order valence-electron chi connectivity index (χ0n) is 21.3. The fourth-order valence-electron chi connectivity index (χ4n) is 5.52. The third kappa shape index (κ3) is 6.61. The Labute approximate surface area is 217 Å². The van der Waals surface area contributed by atoms with Gasteiger partial charge in [-0.1, -0.05) is 0 Å². The van der Waals surface area contributed by atoms with E-state index in [9.17, 15) is 4.79 Å². The Kier molecular flexibility index (Phi) is 8.06. The quantitative estimate of drug-likeness (QED) is 0.538. The molecule has 3 aliphatic rings. The summed E-state index contributed by atoms with van der Waals surface area (Å²) in [7, 11) is 0. The van der Waals surface area contributed by atoms with E-state index in [4.69, 9.17) is 9.72 Å². The topological polar surface area (TPSA) is 70.6 Å². The van der Waals surface area contributed by atoms with Crippen LogP contribution < -0.4 is 10.2 Å². The Hall–Kier alpha value is -1.55. The van der Waals surface area contributed by atoms with Crippen LogP contribution in [0.15, 0.2) is 6.20 Å². The van der Waals surface area contributed by atoms with Crippen LogP contribution in [0.4, 0.5) is 5.13 Å². The first-order valence-electron chi connectivity index (χ1n) is 13.2. The number of ether oxygens (including phenoxy) is 1. The van der Waals surface area contributed by atoms with Crippen LogP contribution >= 0.6 is 22.7 Å². The second-order valence-corrected chi connectivity index (χ2v) is 13.1. The Balaban J connectivity index is 1.00. The van der Waals surface area contributed by atoms with E-state index in [2.05, 4.69) is 33.9 Å². The highest BCUT2D eigenvalue weighted by Gasteiger charge is 2.32. The Morgan fingerprint density at radius 3 is 2.74 bits per heavy atom. The van der Waals surface area contributed by atoms with Crippen molar-refractivity contribution in [2.45, 2.75) is 90.5 Å². The van der Waals surface area contributed by atoms with Crippen LogP contribution in [0.1, 0.15) is 66.4 Å². The number of carbonyl (C=O) groups excluding carboxylic acids is 1. The minimum absolute atomic E-state index is 0.144. The van der Waals surface area contributed by atoms with Crippen LogP contribution in [0.3, 0.4) is 0 Å². The van der Waals surface area contributed by atoms with Gasteiger partial charge in [0.1, 0.15) is 0 Å². The zero-order chi connectivity index (χ0) is 24.4. The van der Waals surface area contributed by atoms with Gasteiger partial charge in [-0.25, -0.2) is 9.97 Å². The van der Waals surface area contributed by atoms with E-state index >= 15 is 0 Å². The van der Waals surface area contributed by atoms with Crippen LogP contribution in [-0.2, 0) is 28.9 Å². The number of hydrogen-bond donors (Lipinski definition) is 1. The molecule has 35 heavy (non-hydrogen) atoms. The Bertz CT molecular complexity index is 992. The molecule has 7 nitrogen and oxygen atoms in total. The number of hydrogen-bond acceptors (Lipinski definition) is 8. The summed E-state index contributed by atoms with van der Waals surface area (Å²) in [5.74, 6) is 0.920. The maximum Gasteiger partial charge on any atom is 0.225 e. The number of aromatic nitrogens is 2. The first kappa shape index (κ1) is 25.1. The van der Waals surface area contributed by atoms with E-state index in [1.54, 1.807) is 11.3 Å². The number of rotatable bonds is 9. The summed E-state index contributed by atoms with van der Waals surface area (Å²) in [5, 5.41) is 5.47. The van der Waals surface area contributed by atoms with Crippen molar-refractivity contribution in [2.24, 2.45) is 5.92 Å². The fraction of sp³-hybridized carbons (Fsp3) is 0.731. The van der Waals surface area contributed by atoms with Crippen molar-refractivity contribution in [3.8, 4) is 0 Å². The molecule has 1 aliphatic carbocycles. The summed E-state index contributed by atoms with van der Waals surface area (Å²) in [5.41, 5.74) is 1.30. The van der Waals surface area contributed by atoms with Crippen molar-refractivity contribution in [1.29, 1.82) is 0 Å². The second-order valence-electron chi connectivity index (χ2n) is 10.7. The summed E-state index contributed by atoms with van der Waals surface area (Å²) in [6.07, 6.45) is 9.99. The molecular weight excluding hydrogens is 478 g/mol. The number of carbonyl (C=O) groups is 1. The largest absolute Gasteiger partial charge is 0.372 e. The molecule has 0 radical (unpaired) electrons. The van der Waals surface area contributed by atoms with E-state index < -0.39 is 0 Å². The smallest absolute Gasteiger partial charge is 0.225 e. The predicted octanol–water partition coefficient (Wildman–Crippen LogP) is 4.19. The number of nitrogens with one attached hydrogen (secondary N) is 1. The molecule has 0 aromatic carbocycles. The third-order valence-corrected chi connectivity index (χ3v) is 9.58. The SMILES string of the molecule is Cc1ncc(CC(=O)NC2CCC(CCN3CCc4sc(N5CC(OC(C)C)C5)nc4C3)CC2)s1. The molecule has 1 amide bonds. The molecular formula is C26H39N5O2S2. The monoisotopic (exact) mass is 517 g/mol. The highest BCUT2D eigenvalue weighted by molar-refractivity contribution is 7.15. The van der Waals surface area contributed by atoms with Crippen molar-refractivity contribution >= 4 is 33.7 Å². The van der Waals surface area contributed by atoms with Gasteiger partial charge in [-0.3, -0.25) is 9.69 Å². The minimum atomic E-state index is 0.144. The Morgan fingerprint density at radius 2 is 2.03 bits per heavy atom. The maximum atomic E-state index is 12.4. The summed E-state index contributed by atoms with van der Waals surface area (Å²) in [6.45, 7) is 11.4. The van der Waals surface area contributed by atoms with Gasteiger partial charge in [-0.15, -0.1) is 22.7 Å². The number of nitrogens with zero attached hydrogens (tertiary/aromatic N) is 4. The van der Waals surface area contributed by atoms with Crippen LogP contribution in [-0.4, -0.2) is 65.2 Å². The highest BCUT2D eigenvalue weighted by Crippen LogP contribution is 2.34. The molecule has 4 heterocycles. The second kappa shape index (κ2) is 11.2. The van der Waals surface area contributed by atoms with Gasteiger partial charge in [-0.05, 0) is 71.8 Å². The lowest BCUT2D eigenvalue weighted by Crippen LogP contribution is -2.53. The van der Waals surface area contributed by atoms with Crippen molar-refractivity contribution in [1.82, 2.24) is 20.2 Å². The van der Waals surface area contributed by atoms with Crippen LogP contribution in [0.2, 0.25) is 0 Å². The summed E-state index contributed by atoms with van der Waals surface area (Å²) in [4.78, 5) is 29.1. The molecule has 9 heteroatoms. The molecule has 2 aromatic heterocycles. The number of anilines is 1. The third-order valence-electron chi connectivity index (χ3n) is 7.45. The molecule has 2 aromatic rings. The number of thiazole rings is 2. The van der Waals surface area contributed by atoms with Gasteiger partial charge < -0.3 is 15.0 Å². The van der Waals surface area contributed by atoms with Gasteiger partial charge in [0.15, 0.2) is 5.13 Å². The summed E-state index contributed by atoms with van der Waals surface area (Å²) < 4.78 is 5.90. The molecule has 1 saturated heterocycles. The minimum Gasteiger partial charge on any atom is -0.372 e. The van der Waals surface area contributed by atoms with Crippen LogP contribution in [0.5, 0.6) is 0 Å². The van der Waals surface area contributed by atoms with E-state index in [-0.39, 0.29) is 5.91 Å².